The van der Waals surface area contributed by atoms with Crippen molar-refractivity contribution in [2.75, 3.05) is 13.1 Å². The van der Waals surface area contributed by atoms with Crippen LogP contribution in [0, 0.1) is 11.8 Å². The van der Waals surface area contributed by atoms with Gasteiger partial charge in [0.1, 0.15) is 0 Å². The summed E-state index contributed by atoms with van der Waals surface area (Å²) in [6.07, 6.45) is 7.26. The Balaban J connectivity index is 1.97. The van der Waals surface area contributed by atoms with Gasteiger partial charge in [0.25, 0.3) is 0 Å². The first-order valence-electron chi connectivity index (χ1n) is 6.38. The molecule has 0 bridgehead atoms. The topological polar surface area (TPSA) is 3.24 Å². The van der Waals surface area contributed by atoms with E-state index < -0.39 is 0 Å². The van der Waals surface area contributed by atoms with E-state index in [1.807, 2.05) is 0 Å². The summed E-state index contributed by atoms with van der Waals surface area (Å²) in [5.74, 6) is 2.12. The Bertz CT molecular complexity index is 197. The third-order valence-corrected chi connectivity index (χ3v) is 4.76. The first kappa shape index (κ1) is 10.5. The zero-order valence-electron chi connectivity index (χ0n) is 10.1. The molecule has 2 atom stereocenters. The van der Waals surface area contributed by atoms with Gasteiger partial charge in [-0.2, -0.15) is 0 Å². The van der Waals surface area contributed by atoms with E-state index in [-0.39, 0.29) is 0 Å². The third-order valence-electron chi connectivity index (χ3n) is 4.76. The Morgan fingerprint density at radius 2 is 1.86 bits per heavy atom. The van der Waals surface area contributed by atoms with Crippen LogP contribution in [0.4, 0.5) is 0 Å². The van der Waals surface area contributed by atoms with Crippen molar-refractivity contribution in [3.8, 4) is 0 Å². The fraction of sp³-hybridized carbons (Fsp3) is 1.00. The Morgan fingerprint density at radius 1 is 1.14 bits per heavy atom. The molecule has 1 aliphatic heterocycles. The lowest BCUT2D eigenvalue weighted by molar-refractivity contribution is 0.0452. The van der Waals surface area contributed by atoms with Gasteiger partial charge < -0.3 is 0 Å². The molecule has 0 amide bonds. The SMILES string of the molecule is CCC(C)(C)N1CCC2CCCC2C1. The summed E-state index contributed by atoms with van der Waals surface area (Å²) in [5, 5.41) is 0. The average molecular weight is 195 g/mol. The molecule has 2 rings (SSSR count). The molecule has 1 aliphatic carbocycles. The van der Waals surface area contributed by atoms with Gasteiger partial charge in [-0.15, -0.1) is 0 Å². The molecule has 2 fully saturated rings. The lowest BCUT2D eigenvalue weighted by Gasteiger charge is -2.44. The highest BCUT2D eigenvalue weighted by Crippen LogP contribution is 2.39. The van der Waals surface area contributed by atoms with E-state index >= 15 is 0 Å². The van der Waals surface area contributed by atoms with Crippen molar-refractivity contribution >= 4 is 0 Å². The second kappa shape index (κ2) is 3.84. The molecule has 14 heavy (non-hydrogen) atoms. The van der Waals surface area contributed by atoms with Crippen molar-refractivity contribution in [2.24, 2.45) is 11.8 Å². The van der Waals surface area contributed by atoms with Crippen LogP contribution in [0.2, 0.25) is 0 Å². The second-order valence-corrected chi connectivity index (χ2v) is 5.85. The van der Waals surface area contributed by atoms with Crippen LogP contribution in [0.3, 0.4) is 0 Å². The van der Waals surface area contributed by atoms with Crippen molar-refractivity contribution in [1.82, 2.24) is 4.90 Å². The van der Waals surface area contributed by atoms with Gasteiger partial charge in [-0.25, -0.2) is 0 Å². The van der Waals surface area contributed by atoms with Crippen LogP contribution < -0.4 is 0 Å². The van der Waals surface area contributed by atoms with Gasteiger partial charge in [0.15, 0.2) is 0 Å². The Morgan fingerprint density at radius 3 is 2.57 bits per heavy atom. The summed E-state index contributed by atoms with van der Waals surface area (Å²) in [4.78, 5) is 2.74. The largest absolute Gasteiger partial charge is 0.298 e. The molecule has 0 radical (unpaired) electrons. The minimum atomic E-state index is 0.438. The molecule has 0 aromatic heterocycles. The molecule has 1 saturated heterocycles. The molecule has 0 spiro atoms. The summed E-state index contributed by atoms with van der Waals surface area (Å²) in [6.45, 7) is 9.86. The van der Waals surface area contributed by atoms with Crippen LogP contribution in [0.25, 0.3) is 0 Å². The highest BCUT2D eigenvalue weighted by atomic mass is 15.2. The lowest BCUT2D eigenvalue weighted by atomic mass is 9.85. The number of likely N-dealkylation sites (tertiary alicyclic amines) is 1. The summed E-state index contributed by atoms with van der Waals surface area (Å²) in [6, 6.07) is 0. The summed E-state index contributed by atoms with van der Waals surface area (Å²) >= 11 is 0. The van der Waals surface area contributed by atoms with E-state index in [1.54, 1.807) is 0 Å². The van der Waals surface area contributed by atoms with E-state index in [9.17, 15) is 0 Å². The van der Waals surface area contributed by atoms with E-state index in [4.69, 9.17) is 0 Å². The van der Waals surface area contributed by atoms with E-state index in [1.165, 1.54) is 45.2 Å². The molecule has 0 aromatic carbocycles. The van der Waals surface area contributed by atoms with E-state index in [0.29, 0.717) is 5.54 Å². The fourth-order valence-electron chi connectivity index (χ4n) is 3.20. The molecule has 1 heterocycles. The monoisotopic (exact) mass is 195 g/mol. The van der Waals surface area contributed by atoms with Crippen LogP contribution in [0.1, 0.15) is 52.9 Å². The molecule has 0 aromatic rings. The molecule has 2 aliphatic rings. The fourth-order valence-corrected chi connectivity index (χ4v) is 3.20. The minimum absolute atomic E-state index is 0.438. The zero-order valence-corrected chi connectivity index (χ0v) is 10.1. The van der Waals surface area contributed by atoms with Crippen molar-refractivity contribution in [3.63, 3.8) is 0 Å². The van der Waals surface area contributed by atoms with Crippen molar-refractivity contribution in [2.45, 2.75) is 58.4 Å². The number of rotatable bonds is 2. The summed E-state index contributed by atoms with van der Waals surface area (Å²) in [5.41, 5.74) is 0.438. The minimum Gasteiger partial charge on any atom is -0.298 e. The smallest absolute Gasteiger partial charge is 0.0150 e. The molecule has 1 saturated carbocycles. The maximum atomic E-state index is 2.74. The molecule has 2 unspecified atom stereocenters. The van der Waals surface area contributed by atoms with Crippen LogP contribution in [0.15, 0.2) is 0 Å². The summed E-state index contributed by atoms with van der Waals surface area (Å²) < 4.78 is 0. The number of hydrogen-bond acceptors (Lipinski definition) is 1. The maximum absolute atomic E-state index is 2.74. The number of fused-ring (bicyclic) bond motifs is 1. The van der Waals surface area contributed by atoms with Gasteiger partial charge >= 0.3 is 0 Å². The normalized spacial score (nSPS) is 34.5. The van der Waals surface area contributed by atoms with Gasteiger partial charge in [-0.05, 0) is 51.5 Å². The van der Waals surface area contributed by atoms with Gasteiger partial charge in [0.05, 0.1) is 0 Å². The number of nitrogens with zero attached hydrogens (tertiary/aromatic N) is 1. The van der Waals surface area contributed by atoms with Crippen molar-refractivity contribution < 1.29 is 0 Å². The van der Waals surface area contributed by atoms with Gasteiger partial charge in [0.2, 0.25) is 0 Å². The Kier molecular flexibility index (Phi) is 2.88. The van der Waals surface area contributed by atoms with E-state index in [2.05, 4.69) is 25.7 Å². The summed E-state index contributed by atoms with van der Waals surface area (Å²) in [7, 11) is 0. The predicted molar refractivity (Wildman–Crippen MR) is 61.4 cm³/mol. The van der Waals surface area contributed by atoms with Crippen LogP contribution >= 0.6 is 0 Å². The van der Waals surface area contributed by atoms with E-state index in [0.717, 1.165) is 11.8 Å². The molecular formula is C13H25N. The first-order valence-corrected chi connectivity index (χ1v) is 6.38. The predicted octanol–water partition coefficient (Wildman–Crippen LogP) is 3.30. The number of hydrogen-bond donors (Lipinski definition) is 0. The highest BCUT2D eigenvalue weighted by molar-refractivity contribution is 4.90. The van der Waals surface area contributed by atoms with Crippen molar-refractivity contribution in [3.05, 3.63) is 0 Å². The van der Waals surface area contributed by atoms with Crippen LogP contribution in [-0.4, -0.2) is 23.5 Å². The highest BCUT2D eigenvalue weighted by Gasteiger charge is 2.37. The van der Waals surface area contributed by atoms with Crippen LogP contribution in [-0.2, 0) is 0 Å². The first-order chi connectivity index (χ1) is 6.63. The Hall–Kier alpha value is -0.0400. The quantitative estimate of drug-likeness (QED) is 0.653. The lowest BCUT2D eigenvalue weighted by Crippen LogP contribution is -2.50. The molecule has 1 nitrogen and oxygen atoms in total. The maximum Gasteiger partial charge on any atom is 0.0150 e. The third kappa shape index (κ3) is 1.84. The second-order valence-electron chi connectivity index (χ2n) is 5.85. The molecule has 0 N–H and O–H groups in total. The van der Waals surface area contributed by atoms with Gasteiger partial charge in [0, 0.05) is 12.1 Å². The average Bonchev–Trinajstić information content (AvgIpc) is 2.64. The van der Waals surface area contributed by atoms with Gasteiger partial charge in [-0.1, -0.05) is 19.8 Å². The standard InChI is InChI=1S/C13H25N/c1-4-13(2,3)14-9-8-11-6-5-7-12(11)10-14/h11-12H,4-10H2,1-3H3. The molecule has 82 valence electrons. The Labute approximate surface area is 88.9 Å². The van der Waals surface area contributed by atoms with Gasteiger partial charge in [-0.3, -0.25) is 4.90 Å². The van der Waals surface area contributed by atoms with Crippen molar-refractivity contribution in [1.29, 1.82) is 0 Å². The zero-order chi connectivity index (χ0) is 10.2. The number of piperidine rings is 1. The molecule has 1 heteroatoms. The van der Waals surface area contributed by atoms with Crippen LogP contribution in [0.5, 0.6) is 0 Å². The molecular weight excluding hydrogens is 170 g/mol.